The van der Waals surface area contributed by atoms with Crippen LogP contribution in [0.5, 0.6) is 0 Å². The van der Waals surface area contributed by atoms with Gasteiger partial charge in [-0.3, -0.25) is 14.7 Å². The maximum atomic E-state index is 2.55. The highest BCUT2D eigenvalue weighted by Crippen LogP contribution is 2.19. The minimum absolute atomic E-state index is 0.368. The van der Waals surface area contributed by atoms with E-state index in [1.54, 1.807) is 0 Å². The SMILES string of the molecule is CC.CC(C)(C)N1CCCC1.CN1CN(C(C)(C)C)C1. The van der Waals surface area contributed by atoms with Crippen LogP contribution in [0.2, 0.25) is 0 Å². The maximum Gasteiger partial charge on any atom is 0.0532 e. The van der Waals surface area contributed by atoms with Gasteiger partial charge in [0, 0.05) is 11.1 Å². The van der Waals surface area contributed by atoms with Crippen LogP contribution in [0.3, 0.4) is 0 Å². The van der Waals surface area contributed by atoms with Gasteiger partial charge in [-0.1, -0.05) is 13.8 Å². The van der Waals surface area contributed by atoms with Crippen LogP contribution in [-0.2, 0) is 0 Å². The van der Waals surface area contributed by atoms with Gasteiger partial charge < -0.3 is 0 Å². The number of likely N-dealkylation sites (tertiary alicyclic amines) is 1. The van der Waals surface area contributed by atoms with Crippen molar-refractivity contribution in [2.45, 2.75) is 79.3 Å². The molecule has 0 aromatic carbocycles. The summed E-state index contributed by atoms with van der Waals surface area (Å²) in [4.78, 5) is 7.28. The first-order valence-electron chi connectivity index (χ1n) is 8.29. The summed E-state index contributed by atoms with van der Waals surface area (Å²) in [6.45, 7) is 22.5. The van der Waals surface area contributed by atoms with Gasteiger partial charge in [-0.25, -0.2) is 0 Å². The number of rotatable bonds is 0. The fraction of sp³-hybridized carbons (Fsp3) is 1.00. The normalized spacial score (nSPS) is 21.4. The van der Waals surface area contributed by atoms with E-state index in [9.17, 15) is 0 Å². The molecule has 0 N–H and O–H groups in total. The lowest BCUT2D eigenvalue weighted by molar-refractivity contribution is -0.0700. The Morgan fingerprint density at radius 2 is 1.00 bits per heavy atom. The summed E-state index contributed by atoms with van der Waals surface area (Å²) in [5.74, 6) is 0. The van der Waals surface area contributed by atoms with Crippen molar-refractivity contribution in [1.29, 1.82) is 0 Å². The van der Waals surface area contributed by atoms with E-state index in [1.165, 1.54) is 25.9 Å². The smallest absolute Gasteiger partial charge is 0.0532 e. The van der Waals surface area contributed by atoms with Crippen molar-refractivity contribution in [1.82, 2.24) is 14.7 Å². The molecule has 0 saturated carbocycles. The highest BCUT2D eigenvalue weighted by molar-refractivity contribution is 4.80. The minimum atomic E-state index is 0.368. The van der Waals surface area contributed by atoms with Crippen LogP contribution < -0.4 is 0 Å². The predicted molar refractivity (Wildman–Crippen MR) is 91.0 cm³/mol. The fourth-order valence-electron chi connectivity index (χ4n) is 2.35. The molecule has 0 aromatic heterocycles. The summed E-state index contributed by atoms with van der Waals surface area (Å²) in [5, 5.41) is 0. The van der Waals surface area contributed by atoms with Gasteiger partial charge in [0.2, 0.25) is 0 Å². The van der Waals surface area contributed by atoms with Crippen molar-refractivity contribution < 1.29 is 0 Å². The quantitative estimate of drug-likeness (QED) is 0.669. The van der Waals surface area contributed by atoms with E-state index in [-0.39, 0.29) is 0 Å². The molecule has 122 valence electrons. The zero-order valence-corrected chi connectivity index (χ0v) is 15.6. The molecule has 0 unspecified atom stereocenters. The zero-order chi connectivity index (χ0) is 16.0. The Balaban J connectivity index is 0.000000321. The Hall–Kier alpha value is -0.120. The third-order valence-electron chi connectivity index (χ3n) is 3.83. The van der Waals surface area contributed by atoms with E-state index >= 15 is 0 Å². The van der Waals surface area contributed by atoms with Gasteiger partial charge in [-0.2, -0.15) is 0 Å². The van der Waals surface area contributed by atoms with E-state index < -0.39 is 0 Å². The van der Waals surface area contributed by atoms with Crippen LogP contribution in [0.25, 0.3) is 0 Å². The number of hydrogen-bond donors (Lipinski definition) is 0. The van der Waals surface area contributed by atoms with Gasteiger partial charge in [-0.15, -0.1) is 0 Å². The highest BCUT2D eigenvalue weighted by Gasteiger charge is 2.29. The Bertz CT molecular complexity index is 238. The Kier molecular flexibility index (Phi) is 8.30. The molecule has 2 aliphatic rings. The molecule has 0 aromatic rings. The average Bonchev–Trinajstić information content (AvgIpc) is 2.80. The van der Waals surface area contributed by atoms with Gasteiger partial charge >= 0.3 is 0 Å². The molecule has 0 radical (unpaired) electrons. The van der Waals surface area contributed by atoms with E-state index in [4.69, 9.17) is 0 Å². The second-order valence-corrected chi connectivity index (χ2v) is 7.71. The van der Waals surface area contributed by atoms with Crippen LogP contribution >= 0.6 is 0 Å². The molecule has 2 heterocycles. The molecule has 3 heteroatoms. The Morgan fingerprint density at radius 3 is 1.15 bits per heavy atom. The van der Waals surface area contributed by atoms with Crippen LogP contribution in [0.1, 0.15) is 68.2 Å². The van der Waals surface area contributed by atoms with Gasteiger partial charge in [0.1, 0.15) is 0 Å². The van der Waals surface area contributed by atoms with E-state index in [2.05, 4.69) is 63.3 Å². The molecule has 3 nitrogen and oxygen atoms in total. The van der Waals surface area contributed by atoms with Crippen LogP contribution in [0, 0.1) is 0 Å². The van der Waals surface area contributed by atoms with Gasteiger partial charge in [0.05, 0.1) is 13.3 Å². The Morgan fingerprint density at radius 1 is 0.650 bits per heavy atom. The monoisotopic (exact) mass is 285 g/mol. The molecular formula is C17H39N3. The standard InChI is InChI=1S/C8H17N.C7H16N2.C2H6/c1-8(2,3)9-6-4-5-7-9;1-7(2,3)9-5-8(4)6-9;1-2/h4-7H2,1-3H3;5-6H2,1-4H3;1-2H3. The number of nitrogens with zero attached hydrogens (tertiary/aromatic N) is 3. The average molecular weight is 286 g/mol. The summed E-state index contributed by atoms with van der Waals surface area (Å²) in [6, 6.07) is 0. The maximum absolute atomic E-state index is 2.55. The molecule has 20 heavy (non-hydrogen) atoms. The third-order valence-corrected chi connectivity index (χ3v) is 3.83. The first-order valence-corrected chi connectivity index (χ1v) is 8.29. The topological polar surface area (TPSA) is 9.72 Å². The fourth-order valence-corrected chi connectivity index (χ4v) is 2.35. The second kappa shape index (κ2) is 8.35. The molecule has 0 bridgehead atoms. The van der Waals surface area contributed by atoms with Gasteiger partial charge in [0.25, 0.3) is 0 Å². The molecule has 0 atom stereocenters. The Labute approximate surface area is 128 Å². The van der Waals surface area contributed by atoms with E-state index in [1.807, 2.05) is 13.8 Å². The van der Waals surface area contributed by atoms with Crippen LogP contribution in [0.15, 0.2) is 0 Å². The van der Waals surface area contributed by atoms with Gasteiger partial charge in [-0.05, 0) is 74.5 Å². The lowest BCUT2D eigenvalue weighted by Gasteiger charge is -2.48. The van der Waals surface area contributed by atoms with Crippen LogP contribution in [0.4, 0.5) is 0 Å². The van der Waals surface area contributed by atoms with Crippen molar-refractivity contribution in [3.63, 3.8) is 0 Å². The second-order valence-electron chi connectivity index (χ2n) is 7.71. The molecule has 2 saturated heterocycles. The molecule has 0 amide bonds. The summed E-state index contributed by atoms with van der Waals surface area (Å²) in [6.07, 6.45) is 2.80. The van der Waals surface area contributed by atoms with E-state index in [0.717, 1.165) is 13.3 Å². The minimum Gasteiger partial charge on any atom is -0.298 e. The summed E-state index contributed by atoms with van der Waals surface area (Å²) in [5.41, 5.74) is 0.781. The largest absolute Gasteiger partial charge is 0.298 e. The lowest BCUT2D eigenvalue weighted by Crippen LogP contribution is -2.60. The first-order chi connectivity index (χ1) is 9.10. The summed E-state index contributed by atoms with van der Waals surface area (Å²) >= 11 is 0. The van der Waals surface area contributed by atoms with E-state index in [0.29, 0.717) is 11.1 Å². The van der Waals surface area contributed by atoms with Crippen molar-refractivity contribution in [2.24, 2.45) is 0 Å². The zero-order valence-electron chi connectivity index (χ0n) is 15.6. The molecule has 2 rings (SSSR count). The summed E-state index contributed by atoms with van der Waals surface area (Å²) in [7, 11) is 2.14. The first kappa shape index (κ1) is 19.9. The van der Waals surface area contributed by atoms with Crippen molar-refractivity contribution in [3.05, 3.63) is 0 Å². The number of hydrogen-bond acceptors (Lipinski definition) is 3. The van der Waals surface area contributed by atoms with Crippen molar-refractivity contribution >= 4 is 0 Å². The molecule has 0 aliphatic carbocycles. The van der Waals surface area contributed by atoms with Gasteiger partial charge in [0.15, 0.2) is 0 Å². The third kappa shape index (κ3) is 7.05. The lowest BCUT2D eigenvalue weighted by atomic mass is 10.1. The summed E-state index contributed by atoms with van der Waals surface area (Å²) < 4.78 is 0. The van der Waals surface area contributed by atoms with Crippen molar-refractivity contribution in [2.75, 3.05) is 33.5 Å². The molecular weight excluding hydrogens is 246 g/mol. The molecule has 2 aliphatic heterocycles. The molecule has 0 spiro atoms. The predicted octanol–water partition coefficient (Wildman–Crippen LogP) is 3.85. The van der Waals surface area contributed by atoms with Crippen molar-refractivity contribution in [3.8, 4) is 0 Å². The van der Waals surface area contributed by atoms with Crippen LogP contribution in [-0.4, -0.2) is 59.3 Å². The molecule has 2 fully saturated rings. The highest BCUT2D eigenvalue weighted by atomic mass is 15.5.